The number of carbonyl (C=O) groups excluding carboxylic acids is 1. The average molecular weight is 271 g/mol. The van der Waals surface area contributed by atoms with Crippen LogP contribution in [0.2, 0.25) is 0 Å². The summed E-state index contributed by atoms with van der Waals surface area (Å²) in [7, 11) is 0. The number of nitriles is 1. The Morgan fingerprint density at radius 2 is 2.15 bits per heavy atom. The van der Waals surface area contributed by atoms with Gasteiger partial charge < -0.3 is 10.2 Å². The van der Waals surface area contributed by atoms with Gasteiger partial charge in [0.15, 0.2) is 0 Å². The fourth-order valence-electron chi connectivity index (χ4n) is 2.65. The number of carbonyl (C=O) groups is 1. The van der Waals surface area contributed by atoms with Crippen molar-refractivity contribution in [2.75, 3.05) is 18.0 Å². The van der Waals surface area contributed by atoms with Crippen LogP contribution in [0.25, 0.3) is 0 Å². The first-order chi connectivity index (χ1) is 9.67. The molecule has 2 rings (SSSR count). The quantitative estimate of drug-likeness (QED) is 0.915. The number of hydrogen-bond acceptors (Lipinski definition) is 3. The van der Waals surface area contributed by atoms with Gasteiger partial charge in [0.05, 0.1) is 18.0 Å². The summed E-state index contributed by atoms with van der Waals surface area (Å²) in [6.45, 7) is 3.29. The molecule has 106 valence electrons. The van der Waals surface area contributed by atoms with Crippen LogP contribution in [0.15, 0.2) is 30.3 Å². The van der Waals surface area contributed by atoms with Crippen LogP contribution in [0, 0.1) is 11.3 Å². The summed E-state index contributed by atoms with van der Waals surface area (Å²) in [6, 6.07) is 11.7. The van der Waals surface area contributed by atoms with Crippen LogP contribution < -0.4 is 10.2 Å². The molecule has 1 fully saturated rings. The Hall–Kier alpha value is -1.86. The maximum atomic E-state index is 12.9. The van der Waals surface area contributed by atoms with Crippen molar-refractivity contribution in [3.63, 3.8) is 0 Å². The Labute approximate surface area is 120 Å². The van der Waals surface area contributed by atoms with E-state index in [1.165, 1.54) is 0 Å². The van der Waals surface area contributed by atoms with Crippen LogP contribution in [0.3, 0.4) is 0 Å². The highest BCUT2D eigenvalue weighted by atomic mass is 16.2. The van der Waals surface area contributed by atoms with Crippen LogP contribution in [-0.2, 0) is 4.79 Å². The van der Waals surface area contributed by atoms with E-state index in [0.717, 1.165) is 31.5 Å². The number of amides is 1. The summed E-state index contributed by atoms with van der Waals surface area (Å²) < 4.78 is 0. The summed E-state index contributed by atoms with van der Waals surface area (Å²) >= 11 is 0. The van der Waals surface area contributed by atoms with E-state index < -0.39 is 5.54 Å². The Kier molecular flexibility index (Phi) is 4.75. The fraction of sp³-hybridized carbons (Fsp3) is 0.500. The molecule has 1 unspecified atom stereocenters. The number of piperidine rings is 1. The molecule has 0 saturated carbocycles. The van der Waals surface area contributed by atoms with Crippen LogP contribution >= 0.6 is 0 Å². The lowest BCUT2D eigenvalue weighted by Gasteiger charge is -2.38. The molecular weight excluding hydrogens is 250 g/mol. The molecule has 0 radical (unpaired) electrons. The van der Waals surface area contributed by atoms with Gasteiger partial charge in [0, 0.05) is 12.2 Å². The number of rotatable bonds is 4. The van der Waals surface area contributed by atoms with E-state index in [1.54, 1.807) is 4.90 Å². The molecule has 1 aliphatic rings. The van der Waals surface area contributed by atoms with E-state index in [4.69, 9.17) is 5.26 Å². The van der Waals surface area contributed by atoms with E-state index in [0.29, 0.717) is 13.0 Å². The fourth-order valence-corrected chi connectivity index (χ4v) is 2.65. The maximum absolute atomic E-state index is 12.9. The normalized spacial score (nSPS) is 22.0. The lowest BCUT2D eigenvalue weighted by Crippen LogP contribution is -2.58. The van der Waals surface area contributed by atoms with Crippen molar-refractivity contribution in [2.45, 2.75) is 38.1 Å². The number of hydrogen-bond donors (Lipinski definition) is 1. The van der Waals surface area contributed by atoms with E-state index >= 15 is 0 Å². The standard InChI is InChI=1S/C16H21N3O/c1-16(10-5-6-12-18-16)15(20)19(13-7-11-17)14-8-3-2-4-9-14/h2-4,8-9,18H,5-7,10,12-13H2,1H3. The summed E-state index contributed by atoms with van der Waals surface area (Å²) in [6.07, 6.45) is 3.38. The Morgan fingerprint density at radius 3 is 2.75 bits per heavy atom. The zero-order valence-corrected chi connectivity index (χ0v) is 11.9. The molecular formula is C16H21N3O. The Bertz CT molecular complexity index is 486. The average Bonchev–Trinajstić information content (AvgIpc) is 2.49. The lowest BCUT2D eigenvalue weighted by molar-refractivity contribution is -0.125. The first-order valence-corrected chi connectivity index (χ1v) is 7.16. The number of nitrogens with zero attached hydrogens (tertiary/aromatic N) is 2. The molecule has 4 nitrogen and oxygen atoms in total. The number of benzene rings is 1. The third-order valence-corrected chi connectivity index (χ3v) is 3.85. The number of para-hydroxylation sites is 1. The number of anilines is 1. The third kappa shape index (κ3) is 3.17. The molecule has 0 bridgehead atoms. The molecule has 1 aliphatic heterocycles. The second kappa shape index (κ2) is 6.53. The molecule has 1 atom stereocenters. The molecule has 1 saturated heterocycles. The van der Waals surface area contributed by atoms with Crippen molar-refractivity contribution in [3.05, 3.63) is 30.3 Å². The van der Waals surface area contributed by atoms with E-state index in [-0.39, 0.29) is 5.91 Å². The molecule has 20 heavy (non-hydrogen) atoms. The van der Waals surface area contributed by atoms with Gasteiger partial charge in [0.25, 0.3) is 0 Å². The highest BCUT2D eigenvalue weighted by molar-refractivity contribution is 6.00. The summed E-state index contributed by atoms with van der Waals surface area (Å²) in [4.78, 5) is 14.6. The zero-order chi connectivity index (χ0) is 14.4. The van der Waals surface area contributed by atoms with Crippen molar-refractivity contribution in [2.24, 2.45) is 0 Å². The van der Waals surface area contributed by atoms with Crippen LogP contribution in [0.4, 0.5) is 5.69 Å². The SMILES string of the molecule is CC1(C(=O)N(CCC#N)c2ccccc2)CCCCN1. The predicted molar refractivity (Wildman–Crippen MR) is 79.3 cm³/mol. The van der Waals surface area contributed by atoms with E-state index in [9.17, 15) is 4.79 Å². The van der Waals surface area contributed by atoms with Gasteiger partial charge in [-0.1, -0.05) is 18.2 Å². The summed E-state index contributed by atoms with van der Waals surface area (Å²) in [5.41, 5.74) is 0.352. The molecule has 1 N–H and O–H groups in total. The minimum Gasteiger partial charge on any atom is -0.310 e. The minimum atomic E-state index is -0.510. The highest BCUT2D eigenvalue weighted by Crippen LogP contribution is 2.25. The van der Waals surface area contributed by atoms with Crippen molar-refractivity contribution in [1.29, 1.82) is 5.26 Å². The summed E-state index contributed by atoms with van der Waals surface area (Å²) in [5.74, 6) is 0.0682. The van der Waals surface area contributed by atoms with Gasteiger partial charge in [-0.15, -0.1) is 0 Å². The second-order valence-corrected chi connectivity index (χ2v) is 5.42. The van der Waals surface area contributed by atoms with Gasteiger partial charge in [-0.05, 0) is 44.9 Å². The molecule has 0 aromatic heterocycles. The van der Waals surface area contributed by atoms with Crippen LogP contribution in [0.1, 0.15) is 32.6 Å². The first kappa shape index (κ1) is 14.5. The molecule has 1 aromatic rings. The smallest absolute Gasteiger partial charge is 0.247 e. The van der Waals surface area contributed by atoms with Gasteiger partial charge in [-0.2, -0.15) is 5.26 Å². The Balaban J connectivity index is 2.22. The lowest BCUT2D eigenvalue weighted by atomic mass is 9.89. The molecule has 1 aromatic carbocycles. The number of nitrogens with one attached hydrogen (secondary N) is 1. The molecule has 1 amide bonds. The first-order valence-electron chi connectivity index (χ1n) is 7.16. The van der Waals surface area contributed by atoms with Crippen LogP contribution in [-0.4, -0.2) is 24.5 Å². The zero-order valence-electron chi connectivity index (χ0n) is 11.9. The van der Waals surface area contributed by atoms with Crippen LogP contribution in [0.5, 0.6) is 0 Å². The van der Waals surface area contributed by atoms with Crippen molar-refractivity contribution in [1.82, 2.24) is 5.32 Å². The van der Waals surface area contributed by atoms with Gasteiger partial charge in [-0.3, -0.25) is 4.79 Å². The molecule has 4 heteroatoms. The van der Waals surface area contributed by atoms with Crippen molar-refractivity contribution in [3.8, 4) is 6.07 Å². The van der Waals surface area contributed by atoms with Crippen molar-refractivity contribution < 1.29 is 4.79 Å². The monoisotopic (exact) mass is 271 g/mol. The van der Waals surface area contributed by atoms with Gasteiger partial charge in [-0.25, -0.2) is 0 Å². The Morgan fingerprint density at radius 1 is 1.40 bits per heavy atom. The van der Waals surface area contributed by atoms with Crippen molar-refractivity contribution >= 4 is 11.6 Å². The highest BCUT2D eigenvalue weighted by Gasteiger charge is 2.37. The summed E-state index contributed by atoms with van der Waals surface area (Å²) in [5, 5.41) is 12.2. The van der Waals surface area contributed by atoms with E-state index in [1.807, 2.05) is 37.3 Å². The van der Waals surface area contributed by atoms with E-state index in [2.05, 4.69) is 11.4 Å². The van der Waals surface area contributed by atoms with Gasteiger partial charge >= 0.3 is 0 Å². The molecule has 0 aliphatic carbocycles. The second-order valence-electron chi connectivity index (χ2n) is 5.42. The largest absolute Gasteiger partial charge is 0.310 e. The topological polar surface area (TPSA) is 56.1 Å². The van der Waals surface area contributed by atoms with Gasteiger partial charge in [0.1, 0.15) is 0 Å². The predicted octanol–water partition coefficient (Wildman–Crippen LogP) is 2.47. The maximum Gasteiger partial charge on any atom is 0.247 e. The minimum absolute atomic E-state index is 0.0682. The molecule has 1 heterocycles. The molecule has 0 spiro atoms. The third-order valence-electron chi connectivity index (χ3n) is 3.85. The van der Waals surface area contributed by atoms with Gasteiger partial charge in [0.2, 0.25) is 5.91 Å².